The van der Waals surface area contributed by atoms with Gasteiger partial charge in [0.15, 0.2) is 5.96 Å². The number of morpholine rings is 1. The molecule has 0 radical (unpaired) electrons. The molecule has 1 aliphatic carbocycles. The molecular formula is C25H26F2N4O2. The molecule has 3 aliphatic rings. The summed E-state index contributed by atoms with van der Waals surface area (Å²) in [5.74, 6) is -0.249. The first-order valence-corrected chi connectivity index (χ1v) is 11.3. The second-order valence-electron chi connectivity index (χ2n) is 8.49. The van der Waals surface area contributed by atoms with Crippen LogP contribution in [0.5, 0.6) is 0 Å². The molecule has 0 aromatic heterocycles. The maximum Gasteiger partial charge on any atom is 0.254 e. The van der Waals surface area contributed by atoms with E-state index in [9.17, 15) is 13.6 Å². The second kappa shape index (κ2) is 9.31. The van der Waals surface area contributed by atoms with Gasteiger partial charge in [0.25, 0.3) is 5.91 Å². The summed E-state index contributed by atoms with van der Waals surface area (Å²) in [5.41, 5.74) is 2.09. The minimum absolute atomic E-state index is 0.126. The molecule has 8 heteroatoms. The first-order chi connectivity index (χ1) is 16.1. The zero-order valence-corrected chi connectivity index (χ0v) is 18.3. The van der Waals surface area contributed by atoms with Gasteiger partial charge in [0, 0.05) is 31.2 Å². The average molecular weight is 453 g/mol. The molecule has 5 rings (SSSR count). The maximum atomic E-state index is 14.8. The van der Waals surface area contributed by atoms with Crippen LogP contribution in [0.3, 0.4) is 0 Å². The average Bonchev–Trinajstić information content (AvgIpc) is 3.69. The number of aliphatic imine (C=N–C) groups is 1. The number of hydrogen-bond acceptors (Lipinski definition) is 5. The molecule has 0 bridgehead atoms. The highest BCUT2D eigenvalue weighted by molar-refractivity contribution is 6.06. The van der Waals surface area contributed by atoms with Crippen molar-refractivity contribution in [1.82, 2.24) is 15.1 Å². The van der Waals surface area contributed by atoms with Crippen LogP contribution in [-0.2, 0) is 16.1 Å². The maximum absolute atomic E-state index is 14.8. The molecule has 0 spiro atoms. The smallest absolute Gasteiger partial charge is 0.254 e. The molecule has 2 fully saturated rings. The van der Waals surface area contributed by atoms with Gasteiger partial charge in [-0.25, -0.2) is 13.8 Å². The number of hydrogen-bond donors (Lipinski definition) is 1. The van der Waals surface area contributed by atoms with Gasteiger partial charge in [0.2, 0.25) is 0 Å². The highest BCUT2D eigenvalue weighted by atomic mass is 19.1. The van der Waals surface area contributed by atoms with Gasteiger partial charge >= 0.3 is 0 Å². The molecule has 2 aromatic carbocycles. The van der Waals surface area contributed by atoms with Crippen LogP contribution in [0.1, 0.15) is 24.0 Å². The third kappa shape index (κ3) is 4.75. The Hall–Kier alpha value is -3.26. The van der Waals surface area contributed by atoms with Crippen molar-refractivity contribution in [2.75, 3.05) is 32.8 Å². The highest BCUT2D eigenvalue weighted by Gasteiger charge is 2.36. The number of benzene rings is 2. The molecule has 6 nitrogen and oxygen atoms in total. The van der Waals surface area contributed by atoms with Crippen molar-refractivity contribution < 1.29 is 18.3 Å². The third-order valence-corrected chi connectivity index (χ3v) is 6.15. The summed E-state index contributed by atoms with van der Waals surface area (Å²) in [5, 5.41) is 3.26. The SMILES string of the molecule is O=C(C1=C(c2ccccc2F)NC(N2CCOCC2)=NC1)N(Cc1ccc(F)cc1)C1CC1. The first kappa shape index (κ1) is 21.6. The van der Waals surface area contributed by atoms with Crippen molar-refractivity contribution in [1.29, 1.82) is 0 Å². The van der Waals surface area contributed by atoms with E-state index in [2.05, 4.69) is 15.2 Å². The molecule has 0 atom stereocenters. The van der Waals surface area contributed by atoms with Crippen LogP contribution in [-0.4, -0.2) is 60.6 Å². The fourth-order valence-electron chi connectivity index (χ4n) is 4.20. The first-order valence-electron chi connectivity index (χ1n) is 11.3. The molecule has 1 amide bonds. The summed E-state index contributed by atoms with van der Waals surface area (Å²) in [4.78, 5) is 22.3. The molecule has 1 N–H and O–H groups in total. The van der Waals surface area contributed by atoms with E-state index in [0.29, 0.717) is 55.6 Å². The zero-order valence-electron chi connectivity index (χ0n) is 18.3. The van der Waals surface area contributed by atoms with Crippen LogP contribution in [0.4, 0.5) is 8.78 Å². The Labute approximate surface area is 191 Å². The summed E-state index contributed by atoms with van der Waals surface area (Å²) in [6, 6.07) is 12.8. The lowest BCUT2D eigenvalue weighted by Crippen LogP contribution is -2.49. The van der Waals surface area contributed by atoms with E-state index in [1.165, 1.54) is 18.2 Å². The van der Waals surface area contributed by atoms with Gasteiger partial charge in [-0.05, 0) is 42.7 Å². The lowest BCUT2D eigenvalue weighted by molar-refractivity contribution is -0.128. The van der Waals surface area contributed by atoms with Gasteiger partial charge in [-0.3, -0.25) is 4.79 Å². The van der Waals surface area contributed by atoms with Crippen molar-refractivity contribution >= 4 is 17.6 Å². The van der Waals surface area contributed by atoms with Crippen LogP contribution in [0.15, 0.2) is 59.1 Å². The standard InChI is InChI=1S/C25H26F2N4O2/c26-18-7-5-17(6-8-18)16-31(19-9-10-19)24(32)21-15-28-25(30-11-13-33-14-12-30)29-23(21)20-3-1-2-4-22(20)27/h1-8,19H,9-16H2,(H,28,29). The Kier molecular flexibility index (Phi) is 6.09. The molecule has 2 aliphatic heterocycles. The number of rotatable bonds is 5. The normalized spacial score (nSPS) is 18.6. The third-order valence-electron chi connectivity index (χ3n) is 6.15. The van der Waals surface area contributed by atoms with Crippen LogP contribution < -0.4 is 5.32 Å². The lowest BCUT2D eigenvalue weighted by Gasteiger charge is -2.34. The largest absolute Gasteiger partial charge is 0.378 e. The van der Waals surface area contributed by atoms with E-state index >= 15 is 0 Å². The van der Waals surface area contributed by atoms with E-state index < -0.39 is 5.82 Å². The predicted molar refractivity (Wildman–Crippen MR) is 121 cm³/mol. The van der Waals surface area contributed by atoms with Crippen molar-refractivity contribution in [2.45, 2.75) is 25.4 Å². The molecule has 33 heavy (non-hydrogen) atoms. The summed E-state index contributed by atoms with van der Waals surface area (Å²) < 4.78 is 33.6. The van der Waals surface area contributed by atoms with Crippen molar-refractivity contribution in [3.8, 4) is 0 Å². The van der Waals surface area contributed by atoms with Crippen molar-refractivity contribution in [3.63, 3.8) is 0 Å². The predicted octanol–water partition coefficient (Wildman–Crippen LogP) is 3.16. The van der Waals surface area contributed by atoms with Crippen molar-refractivity contribution in [2.24, 2.45) is 4.99 Å². The molecular weight excluding hydrogens is 426 g/mol. The Morgan fingerprint density at radius 3 is 2.52 bits per heavy atom. The molecule has 2 heterocycles. The van der Waals surface area contributed by atoms with Gasteiger partial charge in [0.1, 0.15) is 11.6 Å². The Morgan fingerprint density at radius 1 is 1.09 bits per heavy atom. The van der Waals surface area contributed by atoms with Crippen LogP contribution in [0.2, 0.25) is 0 Å². The van der Waals surface area contributed by atoms with E-state index in [4.69, 9.17) is 4.74 Å². The molecule has 1 saturated heterocycles. The van der Waals surface area contributed by atoms with Crippen LogP contribution in [0.25, 0.3) is 5.70 Å². The summed E-state index contributed by atoms with van der Waals surface area (Å²) in [6.07, 6.45) is 1.84. The lowest BCUT2D eigenvalue weighted by atomic mass is 10.0. The Morgan fingerprint density at radius 2 is 1.82 bits per heavy atom. The fourth-order valence-corrected chi connectivity index (χ4v) is 4.20. The summed E-state index contributed by atoms with van der Waals surface area (Å²) in [6.45, 7) is 3.08. The monoisotopic (exact) mass is 452 g/mol. The number of carbonyl (C=O) groups excluding carboxylic acids is 1. The van der Waals surface area contributed by atoms with E-state index in [1.54, 1.807) is 35.2 Å². The molecule has 172 valence electrons. The number of nitrogens with one attached hydrogen (secondary N) is 1. The van der Waals surface area contributed by atoms with Crippen LogP contribution >= 0.6 is 0 Å². The van der Waals surface area contributed by atoms with Gasteiger partial charge < -0.3 is 19.9 Å². The number of amides is 1. The van der Waals surface area contributed by atoms with E-state index in [-0.39, 0.29) is 24.3 Å². The fraction of sp³-hybridized carbons (Fsp3) is 0.360. The van der Waals surface area contributed by atoms with Gasteiger partial charge in [-0.1, -0.05) is 24.3 Å². The van der Waals surface area contributed by atoms with Crippen LogP contribution in [0, 0.1) is 11.6 Å². The van der Waals surface area contributed by atoms with Gasteiger partial charge in [0.05, 0.1) is 31.0 Å². The Bertz CT molecular complexity index is 1090. The number of carbonyl (C=O) groups is 1. The minimum Gasteiger partial charge on any atom is -0.378 e. The number of ether oxygens (including phenoxy) is 1. The number of halogens is 2. The molecule has 0 unspecified atom stereocenters. The number of guanidine groups is 1. The summed E-state index contributed by atoms with van der Waals surface area (Å²) in [7, 11) is 0. The molecule has 2 aromatic rings. The highest BCUT2D eigenvalue weighted by Crippen LogP contribution is 2.32. The Balaban J connectivity index is 1.47. The van der Waals surface area contributed by atoms with E-state index in [0.717, 1.165) is 18.4 Å². The topological polar surface area (TPSA) is 57.2 Å². The zero-order chi connectivity index (χ0) is 22.8. The number of nitrogens with zero attached hydrogens (tertiary/aromatic N) is 3. The van der Waals surface area contributed by atoms with Crippen molar-refractivity contribution in [3.05, 3.63) is 76.9 Å². The second-order valence-corrected chi connectivity index (χ2v) is 8.49. The van der Waals surface area contributed by atoms with Gasteiger partial charge in [-0.15, -0.1) is 0 Å². The summed E-state index contributed by atoms with van der Waals surface area (Å²) >= 11 is 0. The molecule has 1 saturated carbocycles. The minimum atomic E-state index is -0.398. The van der Waals surface area contributed by atoms with Gasteiger partial charge in [-0.2, -0.15) is 0 Å². The quantitative estimate of drug-likeness (QED) is 0.757. The van der Waals surface area contributed by atoms with E-state index in [1.807, 2.05) is 0 Å².